The molecule has 0 atom stereocenters. The van der Waals surface area contributed by atoms with E-state index in [0.717, 1.165) is 23.2 Å². The second-order valence-corrected chi connectivity index (χ2v) is 9.53. The van der Waals surface area contributed by atoms with Gasteiger partial charge in [0.1, 0.15) is 17.9 Å². The van der Waals surface area contributed by atoms with Crippen molar-refractivity contribution in [2.45, 2.75) is 17.7 Å². The molecule has 0 bridgehead atoms. The zero-order chi connectivity index (χ0) is 22.0. The molecule has 3 aromatic rings. The molecule has 4 rings (SSSR count). The molecular formula is C19H16ClFN4O4S2. The quantitative estimate of drug-likeness (QED) is 0.577. The Morgan fingerprint density at radius 1 is 1.29 bits per heavy atom. The van der Waals surface area contributed by atoms with Crippen LogP contribution < -0.4 is 14.4 Å². The van der Waals surface area contributed by atoms with Gasteiger partial charge >= 0.3 is 0 Å². The van der Waals surface area contributed by atoms with Crippen molar-refractivity contribution in [2.24, 2.45) is 0 Å². The first-order valence-corrected chi connectivity index (χ1v) is 11.8. The summed E-state index contributed by atoms with van der Waals surface area (Å²) in [7, 11) is -3.82. The van der Waals surface area contributed by atoms with E-state index in [1.54, 1.807) is 17.0 Å². The van der Waals surface area contributed by atoms with Crippen molar-refractivity contribution >= 4 is 49.9 Å². The van der Waals surface area contributed by atoms with E-state index in [1.165, 1.54) is 24.5 Å². The molecule has 0 fully saturated rings. The van der Waals surface area contributed by atoms with E-state index in [-0.39, 0.29) is 33.3 Å². The SMILES string of the molecule is O=C(COc1ccc(F)c(Cl)c1)N1CCCc2cc(S(=O)(=O)Nc3ncns3)ccc21. The molecule has 162 valence electrons. The highest BCUT2D eigenvalue weighted by Gasteiger charge is 2.25. The third kappa shape index (κ3) is 4.78. The maximum Gasteiger partial charge on any atom is 0.264 e. The number of rotatable bonds is 6. The standard InChI is InChI=1S/C19H16ClFN4O4S2/c20-15-9-13(3-5-16(15)21)29-10-18(26)25-7-1-2-12-8-14(4-6-17(12)25)31(27,28)24-19-22-11-23-30-19/h3-6,8-9,11H,1-2,7,10H2,(H,22,23,24). The minimum atomic E-state index is -3.82. The van der Waals surface area contributed by atoms with E-state index in [9.17, 15) is 17.6 Å². The summed E-state index contributed by atoms with van der Waals surface area (Å²) in [6.07, 6.45) is 2.57. The number of aryl methyl sites for hydroxylation is 1. The summed E-state index contributed by atoms with van der Waals surface area (Å²) >= 11 is 6.67. The number of amides is 1. The van der Waals surface area contributed by atoms with Gasteiger partial charge in [0.2, 0.25) is 5.13 Å². The van der Waals surface area contributed by atoms with Crippen LogP contribution in [-0.2, 0) is 21.2 Å². The van der Waals surface area contributed by atoms with Crippen molar-refractivity contribution in [3.05, 3.63) is 59.1 Å². The summed E-state index contributed by atoms with van der Waals surface area (Å²) in [5.74, 6) is -0.596. The summed E-state index contributed by atoms with van der Waals surface area (Å²) in [6.45, 7) is 0.217. The Morgan fingerprint density at radius 2 is 2.13 bits per heavy atom. The first-order chi connectivity index (χ1) is 14.8. The third-order valence-electron chi connectivity index (χ3n) is 4.62. The molecule has 8 nitrogen and oxygen atoms in total. The van der Waals surface area contributed by atoms with E-state index < -0.39 is 15.8 Å². The summed E-state index contributed by atoms with van der Waals surface area (Å²) < 4.78 is 50.1. The fourth-order valence-corrected chi connectivity index (χ4v) is 5.06. The number of hydrogen-bond donors (Lipinski definition) is 1. The molecule has 0 unspecified atom stereocenters. The number of benzene rings is 2. The summed E-state index contributed by atoms with van der Waals surface area (Å²) in [6, 6.07) is 8.45. The van der Waals surface area contributed by atoms with Crippen LogP contribution >= 0.6 is 23.1 Å². The molecular weight excluding hydrogens is 467 g/mol. The zero-order valence-electron chi connectivity index (χ0n) is 15.9. The molecule has 0 saturated carbocycles. The lowest BCUT2D eigenvalue weighted by Gasteiger charge is -2.29. The Labute approximate surface area is 186 Å². The highest BCUT2D eigenvalue weighted by molar-refractivity contribution is 7.93. The third-order valence-corrected chi connectivity index (χ3v) is 6.95. The highest BCUT2D eigenvalue weighted by Crippen LogP contribution is 2.30. The van der Waals surface area contributed by atoms with Gasteiger partial charge in [-0.3, -0.25) is 9.52 Å². The van der Waals surface area contributed by atoms with Gasteiger partial charge in [0.15, 0.2) is 6.61 Å². The predicted molar refractivity (Wildman–Crippen MR) is 115 cm³/mol. The maximum absolute atomic E-state index is 13.3. The normalized spacial score (nSPS) is 13.5. The van der Waals surface area contributed by atoms with Crippen LogP contribution in [0.3, 0.4) is 0 Å². The van der Waals surface area contributed by atoms with Gasteiger partial charge < -0.3 is 9.64 Å². The van der Waals surface area contributed by atoms with Crippen molar-refractivity contribution < 1.29 is 22.3 Å². The molecule has 1 amide bonds. The van der Waals surface area contributed by atoms with Gasteiger partial charge in [-0.25, -0.2) is 17.8 Å². The number of carbonyl (C=O) groups is 1. The van der Waals surface area contributed by atoms with Crippen molar-refractivity contribution in [1.82, 2.24) is 9.36 Å². The van der Waals surface area contributed by atoms with E-state index in [2.05, 4.69) is 14.1 Å². The molecule has 1 aromatic heterocycles. The van der Waals surface area contributed by atoms with Crippen LogP contribution in [0.1, 0.15) is 12.0 Å². The molecule has 2 aromatic carbocycles. The minimum absolute atomic E-state index is 0.0768. The number of hydrogen-bond acceptors (Lipinski definition) is 7. The van der Waals surface area contributed by atoms with Gasteiger partial charge in [-0.15, -0.1) is 0 Å². The van der Waals surface area contributed by atoms with Crippen LogP contribution in [0.25, 0.3) is 0 Å². The molecule has 1 aliphatic heterocycles. The Balaban J connectivity index is 1.50. The number of anilines is 2. The number of ether oxygens (including phenoxy) is 1. The fourth-order valence-electron chi connectivity index (χ4n) is 3.18. The maximum atomic E-state index is 13.3. The van der Waals surface area contributed by atoms with Gasteiger partial charge in [0, 0.05) is 29.8 Å². The molecule has 1 N–H and O–H groups in total. The van der Waals surface area contributed by atoms with Gasteiger partial charge in [0.25, 0.3) is 15.9 Å². The molecule has 0 spiro atoms. The molecule has 1 aliphatic rings. The Kier molecular flexibility index (Phi) is 6.08. The van der Waals surface area contributed by atoms with Crippen LogP contribution in [0.15, 0.2) is 47.6 Å². The Bertz CT molecular complexity index is 1220. The summed E-state index contributed by atoms with van der Waals surface area (Å²) in [5, 5.41) is 0.0803. The molecule has 0 aliphatic carbocycles. The number of fused-ring (bicyclic) bond motifs is 1. The molecule has 0 saturated heterocycles. The number of halogens is 2. The average molecular weight is 483 g/mol. The molecule has 0 radical (unpaired) electrons. The van der Waals surface area contributed by atoms with Gasteiger partial charge in [0.05, 0.1) is 9.92 Å². The van der Waals surface area contributed by atoms with Crippen LogP contribution in [0.4, 0.5) is 15.2 Å². The molecule has 2 heterocycles. The smallest absolute Gasteiger partial charge is 0.264 e. The Morgan fingerprint density at radius 3 is 2.87 bits per heavy atom. The lowest BCUT2D eigenvalue weighted by atomic mass is 10.0. The van der Waals surface area contributed by atoms with Crippen molar-refractivity contribution in [3.63, 3.8) is 0 Å². The highest BCUT2D eigenvalue weighted by atomic mass is 35.5. The number of sulfonamides is 1. The van der Waals surface area contributed by atoms with Crippen molar-refractivity contribution in [1.29, 1.82) is 0 Å². The zero-order valence-corrected chi connectivity index (χ0v) is 18.3. The second-order valence-electron chi connectivity index (χ2n) is 6.66. The fraction of sp³-hybridized carbons (Fsp3) is 0.211. The van der Waals surface area contributed by atoms with Crippen LogP contribution in [0, 0.1) is 5.82 Å². The average Bonchev–Trinajstić information content (AvgIpc) is 3.25. The lowest BCUT2D eigenvalue weighted by molar-refractivity contribution is -0.120. The first-order valence-electron chi connectivity index (χ1n) is 9.14. The van der Waals surface area contributed by atoms with Crippen LogP contribution in [-0.4, -0.2) is 36.8 Å². The van der Waals surface area contributed by atoms with E-state index in [0.29, 0.717) is 25.1 Å². The second kappa shape index (κ2) is 8.77. The van der Waals surface area contributed by atoms with Crippen molar-refractivity contribution in [3.8, 4) is 5.75 Å². The van der Waals surface area contributed by atoms with Crippen molar-refractivity contribution in [2.75, 3.05) is 22.8 Å². The van der Waals surface area contributed by atoms with E-state index in [1.807, 2.05) is 0 Å². The monoisotopic (exact) mass is 482 g/mol. The van der Waals surface area contributed by atoms with Gasteiger partial charge in [-0.1, -0.05) is 11.6 Å². The number of nitrogens with one attached hydrogen (secondary N) is 1. The number of aromatic nitrogens is 2. The van der Waals surface area contributed by atoms with Gasteiger partial charge in [-0.2, -0.15) is 4.37 Å². The lowest BCUT2D eigenvalue weighted by Crippen LogP contribution is -2.38. The number of carbonyl (C=O) groups excluding carboxylic acids is 1. The first kappa shape index (κ1) is 21.5. The topological polar surface area (TPSA) is 101 Å². The van der Waals surface area contributed by atoms with Crippen LogP contribution in [0.5, 0.6) is 5.75 Å². The van der Waals surface area contributed by atoms with Gasteiger partial charge in [-0.05, 0) is 48.7 Å². The minimum Gasteiger partial charge on any atom is -0.484 e. The van der Waals surface area contributed by atoms with Crippen LogP contribution in [0.2, 0.25) is 5.02 Å². The summed E-state index contributed by atoms with van der Waals surface area (Å²) in [5.41, 5.74) is 1.37. The van der Waals surface area contributed by atoms with E-state index in [4.69, 9.17) is 16.3 Å². The van der Waals surface area contributed by atoms with E-state index >= 15 is 0 Å². The predicted octanol–water partition coefficient (Wildman–Crippen LogP) is 3.49. The number of nitrogens with zero attached hydrogens (tertiary/aromatic N) is 3. The Hall–Kier alpha value is -2.76. The largest absolute Gasteiger partial charge is 0.484 e. The molecule has 31 heavy (non-hydrogen) atoms. The molecule has 12 heteroatoms. The summed E-state index contributed by atoms with van der Waals surface area (Å²) in [4.78, 5) is 18.2.